The van der Waals surface area contributed by atoms with Crippen LogP contribution in [0.1, 0.15) is 37.3 Å². The first-order valence-corrected chi connectivity index (χ1v) is 5.59. The molecule has 1 aliphatic carbocycles. The Labute approximate surface area is 90.6 Å². The maximum absolute atomic E-state index is 6.65. The molecule has 14 heavy (non-hydrogen) atoms. The maximum atomic E-state index is 6.65. The van der Waals surface area contributed by atoms with Gasteiger partial charge in [0.25, 0.3) is 0 Å². The molecule has 1 aliphatic rings. The van der Waals surface area contributed by atoms with Gasteiger partial charge in [-0.05, 0) is 24.0 Å². The second kappa shape index (κ2) is 3.78. The molecule has 0 nitrogen and oxygen atoms in total. The summed E-state index contributed by atoms with van der Waals surface area (Å²) >= 11 is 6.65. The Morgan fingerprint density at radius 2 is 2.14 bits per heavy atom. The molecule has 0 aromatic heterocycles. The molecule has 1 unspecified atom stereocenters. The maximum Gasteiger partial charge on any atom is 0.0735 e. The van der Waals surface area contributed by atoms with Gasteiger partial charge in [0.1, 0.15) is 0 Å². The molecule has 0 heterocycles. The molecular formula is C13H15Cl. The van der Waals surface area contributed by atoms with Gasteiger partial charge in [-0.1, -0.05) is 49.8 Å². The van der Waals surface area contributed by atoms with Crippen LogP contribution in [0.3, 0.4) is 0 Å². The van der Waals surface area contributed by atoms with E-state index in [2.05, 4.69) is 43.3 Å². The molecule has 0 aliphatic heterocycles. The third-order valence-electron chi connectivity index (χ3n) is 2.83. The fourth-order valence-electron chi connectivity index (χ4n) is 2.17. The van der Waals surface area contributed by atoms with Gasteiger partial charge in [-0.3, -0.25) is 0 Å². The zero-order valence-electron chi connectivity index (χ0n) is 8.46. The van der Waals surface area contributed by atoms with Crippen molar-refractivity contribution in [1.29, 1.82) is 0 Å². The number of hydrogen-bond acceptors (Lipinski definition) is 0. The molecule has 1 heteroatoms. The summed E-state index contributed by atoms with van der Waals surface area (Å²) in [6, 6.07) is 8.43. The minimum atomic E-state index is -0.153. The van der Waals surface area contributed by atoms with Crippen molar-refractivity contribution in [3.8, 4) is 0 Å². The molecule has 0 saturated heterocycles. The van der Waals surface area contributed by atoms with Crippen molar-refractivity contribution in [2.45, 2.75) is 31.1 Å². The molecule has 0 saturated carbocycles. The topological polar surface area (TPSA) is 0 Å². The van der Waals surface area contributed by atoms with E-state index in [4.69, 9.17) is 11.6 Å². The van der Waals surface area contributed by atoms with Crippen LogP contribution in [-0.4, -0.2) is 0 Å². The van der Waals surface area contributed by atoms with Crippen LogP contribution in [-0.2, 0) is 4.87 Å². The predicted octanol–water partition coefficient (Wildman–Crippen LogP) is 4.34. The highest BCUT2D eigenvalue weighted by atomic mass is 35.5. The lowest BCUT2D eigenvalue weighted by Gasteiger charge is -2.30. The molecule has 2 rings (SSSR count). The zero-order valence-corrected chi connectivity index (χ0v) is 9.22. The number of fused-ring (bicyclic) bond motifs is 1. The second-order valence-electron chi connectivity index (χ2n) is 3.91. The van der Waals surface area contributed by atoms with Crippen LogP contribution < -0.4 is 0 Å². The van der Waals surface area contributed by atoms with E-state index in [9.17, 15) is 0 Å². The fourth-order valence-corrected chi connectivity index (χ4v) is 2.62. The van der Waals surface area contributed by atoms with Crippen molar-refractivity contribution in [2.24, 2.45) is 0 Å². The van der Waals surface area contributed by atoms with E-state index < -0.39 is 0 Å². The first kappa shape index (κ1) is 9.79. The predicted molar refractivity (Wildman–Crippen MR) is 62.5 cm³/mol. The van der Waals surface area contributed by atoms with Crippen LogP contribution in [0.2, 0.25) is 0 Å². The number of alkyl halides is 1. The van der Waals surface area contributed by atoms with Crippen LogP contribution >= 0.6 is 11.6 Å². The third kappa shape index (κ3) is 1.59. The average molecular weight is 207 g/mol. The van der Waals surface area contributed by atoms with Gasteiger partial charge in [-0.25, -0.2) is 0 Å². The van der Waals surface area contributed by atoms with Crippen LogP contribution in [0.25, 0.3) is 6.08 Å². The van der Waals surface area contributed by atoms with E-state index in [1.54, 1.807) is 0 Å². The van der Waals surface area contributed by atoms with E-state index in [0.29, 0.717) is 0 Å². The van der Waals surface area contributed by atoms with Crippen molar-refractivity contribution < 1.29 is 0 Å². The Bertz CT molecular complexity index is 354. The van der Waals surface area contributed by atoms with E-state index in [1.807, 2.05) is 0 Å². The van der Waals surface area contributed by atoms with Crippen LogP contribution in [0.4, 0.5) is 0 Å². The van der Waals surface area contributed by atoms with E-state index in [1.165, 1.54) is 11.1 Å². The Hall–Kier alpha value is -0.750. The van der Waals surface area contributed by atoms with Gasteiger partial charge >= 0.3 is 0 Å². The molecule has 0 bridgehead atoms. The molecule has 1 aromatic carbocycles. The van der Waals surface area contributed by atoms with Crippen molar-refractivity contribution in [3.63, 3.8) is 0 Å². The molecule has 0 spiro atoms. The number of allylic oxidation sites excluding steroid dienone is 1. The largest absolute Gasteiger partial charge is 0.114 e. The lowest BCUT2D eigenvalue weighted by molar-refractivity contribution is 0.548. The van der Waals surface area contributed by atoms with E-state index in [0.717, 1.165) is 19.3 Å². The third-order valence-corrected chi connectivity index (χ3v) is 3.38. The van der Waals surface area contributed by atoms with Crippen molar-refractivity contribution in [3.05, 3.63) is 41.5 Å². The van der Waals surface area contributed by atoms with Gasteiger partial charge in [0, 0.05) is 0 Å². The summed E-state index contributed by atoms with van der Waals surface area (Å²) in [6.07, 6.45) is 7.50. The standard InChI is InChI=1S/C13H15Cl/c1-2-9-13(14)10-5-7-11-6-3-4-8-12(11)13/h3-8H,2,9-10H2,1H3. The van der Waals surface area contributed by atoms with E-state index >= 15 is 0 Å². The summed E-state index contributed by atoms with van der Waals surface area (Å²) in [5.41, 5.74) is 2.58. The minimum absolute atomic E-state index is 0.153. The van der Waals surface area contributed by atoms with Gasteiger partial charge < -0.3 is 0 Å². The van der Waals surface area contributed by atoms with Gasteiger partial charge in [-0.2, -0.15) is 0 Å². The highest BCUT2D eigenvalue weighted by Crippen LogP contribution is 2.42. The summed E-state index contributed by atoms with van der Waals surface area (Å²) in [5, 5.41) is 0. The van der Waals surface area contributed by atoms with Gasteiger partial charge in [0.15, 0.2) is 0 Å². The summed E-state index contributed by atoms with van der Waals surface area (Å²) in [7, 11) is 0. The van der Waals surface area contributed by atoms with Crippen molar-refractivity contribution >= 4 is 17.7 Å². The average Bonchev–Trinajstić information content (AvgIpc) is 2.19. The highest BCUT2D eigenvalue weighted by molar-refractivity contribution is 6.24. The molecule has 0 fully saturated rings. The molecular weight excluding hydrogens is 192 g/mol. The molecule has 1 atom stereocenters. The minimum Gasteiger partial charge on any atom is -0.114 e. The van der Waals surface area contributed by atoms with E-state index in [-0.39, 0.29) is 4.87 Å². The van der Waals surface area contributed by atoms with Crippen LogP contribution in [0.5, 0.6) is 0 Å². The Morgan fingerprint density at radius 1 is 1.36 bits per heavy atom. The quantitative estimate of drug-likeness (QED) is 0.632. The molecule has 74 valence electrons. The molecule has 1 aromatic rings. The second-order valence-corrected chi connectivity index (χ2v) is 4.63. The lowest BCUT2D eigenvalue weighted by Crippen LogP contribution is -2.21. The molecule has 0 radical (unpaired) electrons. The van der Waals surface area contributed by atoms with Crippen molar-refractivity contribution in [1.82, 2.24) is 0 Å². The van der Waals surface area contributed by atoms with Gasteiger partial charge in [0.05, 0.1) is 4.87 Å². The van der Waals surface area contributed by atoms with Gasteiger partial charge in [-0.15, -0.1) is 11.6 Å². The fraction of sp³-hybridized carbons (Fsp3) is 0.385. The molecule has 0 amide bonds. The number of hydrogen-bond donors (Lipinski definition) is 0. The molecule has 0 N–H and O–H groups in total. The summed E-state index contributed by atoms with van der Waals surface area (Å²) in [6.45, 7) is 2.19. The zero-order chi connectivity index (χ0) is 10.0. The van der Waals surface area contributed by atoms with Gasteiger partial charge in [0.2, 0.25) is 0 Å². The number of halogens is 1. The number of benzene rings is 1. The van der Waals surface area contributed by atoms with Crippen molar-refractivity contribution in [2.75, 3.05) is 0 Å². The smallest absolute Gasteiger partial charge is 0.0735 e. The summed E-state index contributed by atoms with van der Waals surface area (Å²) < 4.78 is 0. The SMILES string of the molecule is CCCC1(Cl)CC=Cc2ccccc21. The summed E-state index contributed by atoms with van der Waals surface area (Å²) in [4.78, 5) is -0.153. The summed E-state index contributed by atoms with van der Waals surface area (Å²) in [5.74, 6) is 0. The lowest BCUT2D eigenvalue weighted by atomic mass is 9.83. The monoisotopic (exact) mass is 206 g/mol. The Balaban J connectivity index is 2.44. The Kier molecular flexibility index (Phi) is 2.64. The Morgan fingerprint density at radius 3 is 2.93 bits per heavy atom. The first-order valence-electron chi connectivity index (χ1n) is 5.21. The van der Waals surface area contributed by atoms with Crippen LogP contribution in [0.15, 0.2) is 30.3 Å². The number of rotatable bonds is 2. The highest BCUT2D eigenvalue weighted by Gasteiger charge is 2.30. The normalized spacial score (nSPS) is 24.7. The first-order chi connectivity index (χ1) is 6.76. The van der Waals surface area contributed by atoms with Crippen LogP contribution in [0, 0.1) is 0 Å².